The van der Waals surface area contributed by atoms with Crippen LogP contribution in [0.1, 0.15) is 25.3 Å². The molecule has 0 aromatic heterocycles. The summed E-state index contributed by atoms with van der Waals surface area (Å²) < 4.78 is 37.9. The van der Waals surface area contributed by atoms with Gasteiger partial charge in [-0.3, -0.25) is 0 Å². The Kier molecular flexibility index (Phi) is 4.81. The summed E-state index contributed by atoms with van der Waals surface area (Å²) in [5, 5.41) is 3.81. The summed E-state index contributed by atoms with van der Waals surface area (Å²) in [6.07, 6.45) is -1.97. The van der Waals surface area contributed by atoms with Gasteiger partial charge in [-0.15, -0.1) is 0 Å². The Morgan fingerprint density at radius 2 is 2.05 bits per heavy atom. The molecule has 1 fully saturated rings. The summed E-state index contributed by atoms with van der Waals surface area (Å²) in [5.74, 6) is 0. The van der Waals surface area contributed by atoms with Gasteiger partial charge in [-0.2, -0.15) is 13.2 Å². The topological polar surface area (TPSA) is 15.3 Å². The largest absolute Gasteiger partial charge is 0.405 e. The van der Waals surface area contributed by atoms with Crippen molar-refractivity contribution in [1.29, 1.82) is 0 Å². The quantitative estimate of drug-likeness (QED) is 0.855. The van der Waals surface area contributed by atoms with E-state index in [2.05, 4.69) is 5.32 Å². The normalized spacial score (nSPS) is 15.4. The van der Waals surface area contributed by atoms with Gasteiger partial charge in [0.25, 0.3) is 0 Å². The summed E-state index contributed by atoms with van der Waals surface area (Å²) in [5.41, 5.74) is 1.30. The molecule has 1 aliphatic carbocycles. The van der Waals surface area contributed by atoms with E-state index in [9.17, 15) is 13.2 Å². The van der Waals surface area contributed by atoms with Crippen LogP contribution in [0.4, 0.5) is 18.9 Å². The molecule has 0 spiro atoms. The fourth-order valence-corrected chi connectivity index (χ4v) is 2.37. The van der Waals surface area contributed by atoms with E-state index in [1.807, 2.05) is 0 Å². The van der Waals surface area contributed by atoms with E-state index in [1.165, 1.54) is 4.90 Å². The van der Waals surface area contributed by atoms with Gasteiger partial charge in [-0.1, -0.05) is 17.7 Å². The fourth-order valence-electron chi connectivity index (χ4n) is 2.14. The molecule has 1 aromatic carbocycles. The van der Waals surface area contributed by atoms with Crippen LogP contribution >= 0.6 is 11.6 Å². The predicted octanol–water partition coefficient (Wildman–Crippen LogP) is 3.98. The third kappa shape index (κ3) is 4.28. The third-order valence-electron chi connectivity index (χ3n) is 3.33. The van der Waals surface area contributed by atoms with E-state index in [0.717, 1.165) is 18.4 Å². The molecule has 0 saturated heterocycles. The van der Waals surface area contributed by atoms with E-state index in [-0.39, 0.29) is 6.54 Å². The Morgan fingerprint density at radius 3 is 2.60 bits per heavy atom. The first kappa shape index (κ1) is 15.4. The molecule has 0 heterocycles. The minimum absolute atomic E-state index is 0.288. The molecule has 0 bridgehead atoms. The van der Waals surface area contributed by atoms with Crippen molar-refractivity contribution in [3.8, 4) is 0 Å². The summed E-state index contributed by atoms with van der Waals surface area (Å²) in [4.78, 5) is 1.32. The lowest BCUT2D eigenvalue weighted by Gasteiger charge is -2.27. The average Bonchev–Trinajstić information content (AvgIpc) is 3.17. The van der Waals surface area contributed by atoms with Crippen LogP contribution in [-0.2, 0) is 6.54 Å². The van der Waals surface area contributed by atoms with Gasteiger partial charge < -0.3 is 10.2 Å². The Hall–Kier alpha value is -0.940. The molecular formula is C14H18ClF3N2. The first-order valence-electron chi connectivity index (χ1n) is 6.73. The highest BCUT2D eigenvalue weighted by molar-refractivity contribution is 6.31. The SMILES string of the molecule is CCN(CC(F)(F)F)c1cccc(Cl)c1CNC1CC1. The second kappa shape index (κ2) is 6.22. The lowest BCUT2D eigenvalue weighted by Crippen LogP contribution is -2.35. The van der Waals surface area contributed by atoms with Crippen LogP contribution in [0, 0.1) is 0 Å². The van der Waals surface area contributed by atoms with Gasteiger partial charge in [-0.05, 0) is 31.9 Å². The van der Waals surface area contributed by atoms with Crippen molar-refractivity contribution in [2.75, 3.05) is 18.0 Å². The van der Waals surface area contributed by atoms with Gasteiger partial charge in [-0.25, -0.2) is 0 Å². The zero-order valence-corrected chi connectivity index (χ0v) is 12.1. The lowest BCUT2D eigenvalue weighted by molar-refractivity contribution is -0.119. The van der Waals surface area contributed by atoms with Crippen molar-refractivity contribution < 1.29 is 13.2 Å². The van der Waals surface area contributed by atoms with Crippen molar-refractivity contribution in [2.24, 2.45) is 0 Å². The smallest absolute Gasteiger partial charge is 0.363 e. The number of nitrogens with zero attached hydrogens (tertiary/aromatic N) is 1. The van der Waals surface area contributed by atoms with Crippen molar-refractivity contribution in [1.82, 2.24) is 5.32 Å². The van der Waals surface area contributed by atoms with Gasteiger partial charge in [0.1, 0.15) is 6.54 Å². The van der Waals surface area contributed by atoms with Gasteiger partial charge in [0.15, 0.2) is 0 Å². The number of hydrogen-bond donors (Lipinski definition) is 1. The second-order valence-corrected chi connectivity index (χ2v) is 5.43. The van der Waals surface area contributed by atoms with Crippen LogP contribution < -0.4 is 10.2 Å². The standard InChI is InChI=1S/C14H18ClF3N2/c1-2-20(9-14(16,17)18)13-5-3-4-12(15)11(13)8-19-10-6-7-10/h3-5,10,19H,2,6-9H2,1H3. The number of rotatable bonds is 6. The minimum Gasteiger partial charge on any atom is -0.363 e. The van der Waals surface area contributed by atoms with Gasteiger partial charge >= 0.3 is 6.18 Å². The minimum atomic E-state index is -4.22. The molecule has 112 valence electrons. The Labute approximate surface area is 121 Å². The summed E-state index contributed by atoms with van der Waals surface area (Å²) in [7, 11) is 0. The Morgan fingerprint density at radius 1 is 1.35 bits per heavy atom. The molecule has 0 aliphatic heterocycles. The van der Waals surface area contributed by atoms with Crippen molar-refractivity contribution in [3.05, 3.63) is 28.8 Å². The monoisotopic (exact) mass is 306 g/mol. The highest BCUT2D eigenvalue weighted by Gasteiger charge is 2.31. The molecule has 0 atom stereocenters. The van der Waals surface area contributed by atoms with Crippen LogP contribution in [0.15, 0.2) is 18.2 Å². The summed E-state index contributed by atoms with van der Waals surface area (Å²) in [6.45, 7) is 1.55. The molecule has 2 nitrogen and oxygen atoms in total. The molecule has 20 heavy (non-hydrogen) atoms. The van der Waals surface area contributed by atoms with Gasteiger partial charge in [0, 0.05) is 35.4 Å². The molecule has 1 aliphatic rings. The third-order valence-corrected chi connectivity index (χ3v) is 3.69. The number of halogens is 4. The number of nitrogens with one attached hydrogen (secondary N) is 1. The van der Waals surface area contributed by atoms with Gasteiger partial charge in [0.05, 0.1) is 0 Å². The highest BCUT2D eigenvalue weighted by Crippen LogP contribution is 2.31. The zero-order chi connectivity index (χ0) is 14.8. The van der Waals surface area contributed by atoms with E-state index < -0.39 is 12.7 Å². The van der Waals surface area contributed by atoms with E-state index in [1.54, 1.807) is 25.1 Å². The van der Waals surface area contributed by atoms with Crippen LogP contribution in [-0.4, -0.2) is 25.3 Å². The molecule has 0 radical (unpaired) electrons. The van der Waals surface area contributed by atoms with Crippen LogP contribution in [0.5, 0.6) is 0 Å². The van der Waals surface area contributed by atoms with E-state index >= 15 is 0 Å². The summed E-state index contributed by atoms with van der Waals surface area (Å²) in [6, 6.07) is 5.59. The van der Waals surface area contributed by atoms with Crippen LogP contribution in [0.2, 0.25) is 5.02 Å². The maximum absolute atomic E-state index is 12.6. The molecule has 2 rings (SSSR count). The Balaban J connectivity index is 2.20. The predicted molar refractivity (Wildman–Crippen MR) is 75.3 cm³/mol. The fraction of sp³-hybridized carbons (Fsp3) is 0.571. The van der Waals surface area contributed by atoms with E-state index in [4.69, 9.17) is 11.6 Å². The van der Waals surface area contributed by atoms with Gasteiger partial charge in [0.2, 0.25) is 0 Å². The van der Waals surface area contributed by atoms with Crippen molar-refractivity contribution >= 4 is 17.3 Å². The zero-order valence-electron chi connectivity index (χ0n) is 11.3. The number of benzene rings is 1. The van der Waals surface area contributed by atoms with Crippen LogP contribution in [0.3, 0.4) is 0 Å². The lowest BCUT2D eigenvalue weighted by atomic mass is 10.1. The first-order valence-corrected chi connectivity index (χ1v) is 7.11. The number of hydrogen-bond acceptors (Lipinski definition) is 2. The second-order valence-electron chi connectivity index (χ2n) is 5.02. The molecule has 1 saturated carbocycles. The average molecular weight is 307 g/mol. The van der Waals surface area contributed by atoms with E-state index in [0.29, 0.717) is 23.3 Å². The summed E-state index contributed by atoms with van der Waals surface area (Å²) >= 11 is 6.16. The molecule has 0 unspecified atom stereocenters. The molecule has 0 amide bonds. The molecule has 6 heteroatoms. The van der Waals surface area contributed by atoms with Crippen LogP contribution in [0.25, 0.3) is 0 Å². The number of alkyl halides is 3. The maximum atomic E-state index is 12.6. The highest BCUT2D eigenvalue weighted by atomic mass is 35.5. The molecule has 1 N–H and O–H groups in total. The number of anilines is 1. The van der Waals surface area contributed by atoms with Crippen molar-refractivity contribution in [3.63, 3.8) is 0 Å². The molecular weight excluding hydrogens is 289 g/mol. The molecule has 1 aromatic rings. The maximum Gasteiger partial charge on any atom is 0.405 e. The first-order chi connectivity index (χ1) is 9.40. The van der Waals surface area contributed by atoms with Crippen molar-refractivity contribution in [2.45, 2.75) is 38.5 Å². The Bertz CT molecular complexity index is 458.